The Labute approximate surface area is 152 Å². The Bertz CT molecular complexity index is 863. The zero-order chi connectivity index (χ0) is 18.4. The smallest absolute Gasteiger partial charge is 0.251 e. The molecule has 26 heavy (non-hydrogen) atoms. The number of carbonyl (C=O) groups is 1. The lowest BCUT2D eigenvalue weighted by Gasteiger charge is -2.15. The van der Waals surface area contributed by atoms with E-state index in [2.05, 4.69) is 5.32 Å². The molecule has 3 nitrogen and oxygen atoms in total. The first-order valence-corrected chi connectivity index (χ1v) is 8.45. The van der Waals surface area contributed by atoms with E-state index in [1.165, 1.54) is 12.1 Å². The summed E-state index contributed by atoms with van der Waals surface area (Å²) < 4.78 is 18.8. The van der Waals surface area contributed by atoms with Gasteiger partial charge in [0.15, 0.2) is 0 Å². The lowest BCUT2D eigenvalue weighted by Crippen LogP contribution is -2.26. The summed E-state index contributed by atoms with van der Waals surface area (Å²) in [4.78, 5) is 12.5. The molecule has 0 spiro atoms. The van der Waals surface area contributed by atoms with E-state index in [0.29, 0.717) is 17.9 Å². The molecule has 0 aliphatic carbocycles. The minimum absolute atomic E-state index is 0.202. The van der Waals surface area contributed by atoms with Gasteiger partial charge in [-0.1, -0.05) is 48.5 Å². The molecule has 0 saturated carbocycles. The maximum absolute atomic E-state index is 13.0. The van der Waals surface area contributed by atoms with Gasteiger partial charge in [0.1, 0.15) is 18.2 Å². The fourth-order valence-electron chi connectivity index (χ4n) is 2.58. The quantitative estimate of drug-likeness (QED) is 0.688. The van der Waals surface area contributed by atoms with Crippen LogP contribution in [0.5, 0.6) is 5.75 Å². The predicted molar refractivity (Wildman–Crippen MR) is 99.5 cm³/mol. The van der Waals surface area contributed by atoms with E-state index in [4.69, 9.17) is 4.74 Å². The third-order valence-corrected chi connectivity index (χ3v) is 4.06. The van der Waals surface area contributed by atoms with Crippen LogP contribution in [-0.4, -0.2) is 5.91 Å². The van der Waals surface area contributed by atoms with Gasteiger partial charge < -0.3 is 10.1 Å². The minimum Gasteiger partial charge on any atom is -0.489 e. The lowest BCUT2D eigenvalue weighted by atomic mass is 10.1. The fraction of sp³-hybridized carbons (Fsp3) is 0.136. The Morgan fingerprint density at radius 1 is 1.00 bits per heavy atom. The Balaban J connectivity index is 1.63. The second-order valence-corrected chi connectivity index (χ2v) is 6.05. The van der Waals surface area contributed by atoms with Crippen molar-refractivity contribution in [1.29, 1.82) is 0 Å². The first-order valence-electron chi connectivity index (χ1n) is 8.45. The van der Waals surface area contributed by atoms with E-state index < -0.39 is 0 Å². The second kappa shape index (κ2) is 8.30. The van der Waals surface area contributed by atoms with Gasteiger partial charge in [-0.15, -0.1) is 0 Å². The average molecular weight is 349 g/mol. The molecular weight excluding hydrogens is 329 g/mol. The summed E-state index contributed by atoms with van der Waals surface area (Å²) >= 11 is 0. The third kappa shape index (κ3) is 4.70. The second-order valence-electron chi connectivity index (χ2n) is 6.05. The number of amides is 1. The molecule has 0 heterocycles. The molecule has 3 rings (SSSR count). The minimum atomic E-state index is -0.296. The largest absolute Gasteiger partial charge is 0.489 e. The SMILES string of the molecule is C[C@@H](NC(=O)c1cccc(OCc2ccccc2)c1)c1ccc(F)cc1. The Kier molecular flexibility index (Phi) is 5.64. The number of carbonyl (C=O) groups excluding carboxylic acids is 1. The first kappa shape index (κ1) is 17.7. The van der Waals surface area contributed by atoms with Crippen LogP contribution in [0.4, 0.5) is 4.39 Å². The van der Waals surface area contributed by atoms with E-state index in [0.717, 1.165) is 11.1 Å². The summed E-state index contributed by atoms with van der Waals surface area (Å²) in [6, 6.07) is 22.8. The van der Waals surface area contributed by atoms with E-state index in [-0.39, 0.29) is 17.8 Å². The molecular formula is C22H20FNO2. The van der Waals surface area contributed by atoms with Crippen LogP contribution in [0.3, 0.4) is 0 Å². The molecule has 1 amide bonds. The maximum atomic E-state index is 13.0. The Morgan fingerprint density at radius 3 is 2.46 bits per heavy atom. The van der Waals surface area contributed by atoms with Crippen LogP contribution in [-0.2, 0) is 6.61 Å². The van der Waals surface area contributed by atoms with Gasteiger partial charge in [0.05, 0.1) is 6.04 Å². The van der Waals surface area contributed by atoms with Gasteiger partial charge in [0.2, 0.25) is 0 Å². The predicted octanol–water partition coefficient (Wildman–Crippen LogP) is 4.90. The number of hydrogen-bond acceptors (Lipinski definition) is 2. The van der Waals surface area contributed by atoms with Gasteiger partial charge in [-0.25, -0.2) is 4.39 Å². The highest BCUT2D eigenvalue weighted by Gasteiger charge is 2.12. The van der Waals surface area contributed by atoms with Crippen LogP contribution in [0.1, 0.15) is 34.5 Å². The molecule has 0 unspecified atom stereocenters. The maximum Gasteiger partial charge on any atom is 0.251 e. The summed E-state index contributed by atoms with van der Waals surface area (Å²) in [6.45, 7) is 2.30. The van der Waals surface area contributed by atoms with Crippen LogP contribution in [0, 0.1) is 5.82 Å². The van der Waals surface area contributed by atoms with Crippen molar-refractivity contribution in [3.8, 4) is 5.75 Å². The summed E-state index contributed by atoms with van der Waals surface area (Å²) in [7, 11) is 0. The number of nitrogens with one attached hydrogen (secondary N) is 1. The summed E-state index contributed by atoms with van der Waals surface area (Å²) in [6.07, 6.45) is 0. The molecule has 0 saturated heterocycles. The molecule has 4 heteroatoms. The van der Waals surface area contributed by atoms with Crippen molar-refractivity contribution in [2.75, 3.05) is 0 Å². The molecule has 1 atom stereocenters. The molecule has 3 aromatic carbocycles. The van der Waals surface area contributed by atoms with Gasteiger partial charge in [0, 0.05) is 5.56 Å². The molecule has 0 aliphatic heterocycles. The zero-order valence-corrected chi connectivity index (χ0v) is 14.5. The summed E-state index contributed by atoms with van der Waals surface area (Å²) in [5.74, 6) is 0.137. The highest BCUT2D eigenvalue weighted by atomic mass is 19.1. The monoisotopic (exact) mass is 349 g/mol. The number of halogens is 1. The average Bonchev–Trinajstić information content (AvgIpc) is 2.68. The molecule has 3 aromatic rings. The summed E-state index contributed by atoms with van der Waals surface area (Å²) in [5, 5.41) is 2.92. The van der Waals surface area contributed by atoms with E-state index in [9.17, 15) is 9.18 Å². The molecule has 0 aliphatic rings. The Hall–Kier alpha value is -3.14. The van der Waals surface area contributed by atoms with E-state index in [1.54, 1.807) is 30.3 Å². The molecule has 1 N–H and O–H groups in total. The highest BCUT2D eigenvalue weighted by molar-refractivity contribution is 5.94. The van der Waals surface area contributed by atoms with Crippen molar-refractivity contribution in [3.05, 3.63) is 101 Å². The van der Waals surface area contributed by atoms with Crippen molar-refractivity contribution < 1.29 is 13.9 Å². The van der Waals surface area contributed by atoms with Crippen molar-refractivity contribution in [2.45, 2.75) is 19.6 Å². The van der Waals surface area contributed by atoms with Crippen LogP contribution >= 0.6 is 0 Å². The third-order valence-electron chi connectivity index (χ3n) is 4.06. The zero-order valence-electron chi connectivity index (χ0n) is 14.5. The number of benzene rings is 3. The lowest BCUT2D eigenvalue weighted by molar-refractivity contribution is 0.0939. The first-order chi connectivity index (χ1) is 12.6. The van der Waals surface area contributed by atoms with Crippen molar-refractivity contribution in [1.82, 2.24) is 5.32 Å². The van der Waals surface area contributed by atoms with Gasteiger partial charge in [0.25, 0.3) is 5.91 Å². The van der Waals surface area contributed by atoms with Crippen LogP contribution in [0.25, 0.3) is 0 Å². The summed E-state index contributed by atoms with van der Waals surface area (Å²) in [5.41, 5.74) is 2.42. The molecule has 0 bridgehead atoms. The highest BCUT2D eigenvalue weighted by Crippen LogP contribution is 2.17. The van der Waals surface area contributed by atoms with Crippen LogP contribution < -0.4 is 10.1 Å². The number of ether oxygens (including phenoxy) is 1. The van der Waals surface area contributed by atoms with Gasteiger partial charge >= 0.3 is 0 Å². The molecule has 0 aromatic heterocycles. The molecule has 132 valence electrons. The van der Waals surface area contributed by atoms with Crippen molar-refractivity contribution >= 4 is 5.91 Å². The van der Waals surface area contributed by atoms with Crippen molar-refractivity contribution in [2.24, 2.45) is 0 Å². The van der Waals surface area contributed by atoms with Gasteiger partial charge in [-0.3, -0.25) is 4.79 Å². The van der Waals surface area contributed by atoms with Gasteiger partial charge in [-0.2, -0.15) is 0 Å². The van der Waals surface area contributed by atoms with E-state index in [1.807, 2.05) is 43.3 Å². The van der Waals surface area contributed by atoms with Crippen LogP contribution in [0.2, 0.25) is 0 Å². The normalized spacial score (nSPS) is 11.6. The topological polar surface area (TPSA) is 38.3 Å². The van der Waals surface area contributed by atoms with Gasteiger partial charge in [-0.05, 0) is 48.4 Å². The molecule has 0 radical (unpaired) electrons. The standard InChI is InChI=1S/C22H20FNO2/c1-16(18-10-12-20(23)13-11-18)24-22(25)19-8-5-9-21(14-19)26-15-17-6-3-2-4-7-17/h2-14,16H,15H2,1H3,(H,24,25)/t16-/m1/s1. The molecule has 0 fully saturated rings. The number of rotatable bonds is 6. The number of hydrogen-bond donors (Lipinski definition) is 1. The van der Waals surface area contributed by atoms with Crippen LogP contribution in [0.15, 0.2) is 78.9 Å². The van der Waals surface area contributed by atoms with E-state index >= 15 is 0 Å². The fourth-order valence-corrected chi connectivity index (χ4v) is 2.58. The van der Waals surface area contributed by atoms with Crippen molar-refractivity contribution in [3.63, 3.8) is 0 Å². The Morgan fingerprint density at radius 2 is 1.73 bits per heavy atom.